The lowest BCUT2D eigenvalue weighted by atomic mass is 10.1. The minimum Gasteiger partial charge on any atom is -0.481 e. The van der Waals surface area contributed by atoms with E-state index in [0.29, 0.717) is 23.6 Å². The number of benzene rings is 2. The van der Waals surface area contributed by atoms with E-state index in [-0.39, 0.29) is 35.4 Å². The Bertz CT molecular complexity index is 1960. The number of anilines is 4. The van der Waals surface area contributed by atoms with Gasteiger partial charge >= 0.3 is 18.2 Å². The highest BCUT2D eigenvalue weighted by atomic mass is 35.5. The van der Waals surface area contributed by atoms with E-state index in [9.17, 15) is 32.3 Å². The second kappa shape index (κ2) is 16.5. The van der Waals surface area contributed by atoms with Crippen LogP contribution in [0, 0.1) is 0 Å². The number of amides is 2. The molecule has 15 nitrogen and oxygen atoms in total. The van der Waals surface area contributed by atoms with Crippen LogP contribution in [-0.4, -0.2) is 76.5 Å². The number of ketones is 1. The van der Waals surface area contributed by atoms with Crippen LogP contribution in [0.5, 0.6) is 11.9 Å². The van der Waals surface area contributed by atoms with Gasteiger partial charge in [0.2, 0.25) is 23.6 Å². The normalized spacial score (nSPS) is 13.5. The topological polar surface area (TPSA) is 196 Å². The van der Waals surface area contributed by atoms with Gasteiger partial charge in [-0.1, -0.05) is 23.7 Å². The fourth-order valence-corrected chi connectivity index (χ4v) is 5.05. The van der Waals surface area contributed by atoms with Gasteiger partial charge in [0.1, 0.15) is 6.04 Å². The van der Waals surface area contributed by atoms with Gasteiger partial charge in [-0.3, -0.25) is 14.4 Å². The van der Waals surface area contributed by atoms with Crippen molar-refractivity contribution >= 4 is 58.4 Å². The van der Waals surface area contributed by atoms with Crippen LogP contribution in [0.25, 0.3) is 0 Å². The maximum Gasteiger partial charge on any atom is 0.422 e. The van der Waals surface area contributed by atoms with Crippen molar-refractivity contribution in [3.8, 4) is 11.9 Å². The zero-order chi connectivity index (χ0) is 38.2. The summed E-state index contributed by atoms with van der Waals surface area (Å²) in [4.78, 5) is 66.7. The van der Waals surface area contributed by atoms with Crippen molar-refractivity contribution in [3.63, 3.8) is 0 Å². The van der Waals surface area contributed by atoms with Crippen LogP contribution in [-0.2, 0) is 24.7 Å². The molecule has 0 spiro atoms. The van der Waals surface area contributed by atoms with Crippen molar-refractivity contribution in [2.75, 3.05) is 36.8 Å². The summed E-state index contributed by atoms with van der Waals surface area (Å²) in [6, 6.07) is 13.9. The van der Waals surface area contributed by atoms with Crippen molar-refractivity contribution in [2.45, 2.75) is 43.4 Å². The van der Waals surface area contributed by atoms with Crippen LogP contribution in [0.3, 0.4) is 0 Å². The fourth-order valence-electron chi connectivity index (χ4n) is 4.93. The number of alkyl halides is 3. The van der Waals surface area contributed by atoms with Gasteiger partial charge in [-0.05, 0) is 67.3 Å². The average Bonchev–Trinajstić information content (AvgIpc) is 3.92. The van der Waals surface area contributed by atoms with Gasteiger partial charge in [0.15, 0.2) is 6.61 Å². The molecule has 1 atom stereocenters. The molecular formula is C34H32ClF3N8O7. The number of pyridine rings is 1. The number of Topliss-reactive ketones (excluding diaryl/α,β-unsaturated/α-hetero) is 1. The minimum atomic E-state index is -4.64. The first-order valence-electron chi connectivity index (χ1n) is 15.9. The highest BCUT2D eigenvalue weighted by molar-refractivity contribution is 6.40. The lowest BCUT2D eigenvalue weighted by Crippen LogP contribution is -2.42. The third kappa shape index (κ3) is 10.7. The molecule has 1 fully saturated rings. The van der Waals surface area contributed by atoms with E-state index in [1.54, 1.807) is 12.1 Å². The largest absolute Gasteiger partial charge is 0.481 e. The highest BCUT2D eigenvalue weighted by Crippen LogP contribution is 2.48. The number of esters is 1. The molecular weight excluding hydrogens is 725 g/mol. The van der Waals surface area contributed by atoms with Gasteiger partial charge in [0.05, 0.1) is 19.8 Å². The quantitative estimate of drug-likeness (QED) is 0.0884. The molecule has 0 bridgehead atoms. The summed E-state index contributed by atoms with van der Waals surface area (Å²) in [6.07, 6.45) is -2.48. The molecule has 2 amide bonds. The van der Waals surface area contributed by atoms with Gasteiger partial charge in [0, 0.05) is 40.6 Å². The maximum absolute atomic E-state index is 13.1. The van der Waals surface area contributed by atoms with E-state index in [4.69, 9.17) is 25.8 Å². The number of carbonyl (C=O) groups excluding carboxylic acids is 4. The molecule has 4 N–H and O–H groups in total. The summed E-state index contributed by atoms with van der Waals surface area (Å²) in [5.41, 5.74) is 1.04. The van der Waals surface area contributed by atoms with Crippen LogP contribution in [0.1, 0.15) is 41.6 Å². The van der Waals surface area contributed by atoms with E-state index in [1.807, 2.05) is 12.1 Å². The van der Waals surface area contributed by atoms with Crippen molar-refractivity contribution < 1.29 is 46.6 Å². The standard InChI is InChI=1S/C34H32ClF3N8O7/c1-51-26-17-23(13-16-39-26)40-28(49)25(47)12-11-24(29(50)52-2)42-27(48)19-3-9-22(10-4-19)41-30-43-31(45-32(44-30)53-18-34(36,37)38)46-33(14-15-33)20-5-7-21(35)8-6-20/h3-10,13,16-17,24H,11-12,14-15,18H2,1-2H3,(H,42,48)(H,39,40,49)(H2,41,43,44,45,46)/t24-/m0/s1. The van der Waals surface area contributed by atoms with Gasteiger partial charge in [-0.25, -0.2) is 9.78 Å². The van der Waals surface area contributed by atoms with E-state index >= 15 is 0 Å². The summed E-state index contributed by atoms with van der Waals surface area (Å²) < 4.78 is 53.4. The molecule has 0 unspecified atom stereocenters. The van der Waals surface area contributed by atoms with Gasteiger partial charge in [-0.15, -0.1) is 0 Å². The van der Waals surface area contributed by atoms with Crippen molar-refractivity contribution in [2.24, 2.45) is 0 Å². The second-order valence-corrected chi connectivity index (χ2v) is 12.1. The summed E-state index contributed by atoms with van der Waals surface area (Å²) in [6.45, 7) is -1.63. The first kappa shape index (κ1) is 38.2. The fraction of sp³-hybridized carbons (Fsp3) is 0.294. The number of hydrogen-bond acceptors (Lipinski definition) is 13. The minimum absolute atomic E-state index is 0.0365. The number of rotatable bonds is 16. The van der Waals surface area contributed by atoms with E-state index < -0.39 is 60.4 Å². The Morgan fingerprint density at radius 2 is 1.62 bits per heavy atom. The summed E-state index contributed by atoms with van der Waals surface area (Å²) in [7, 11) is 2.50. The van der Waals surface area contributed by atoms with E-state index in [1.165, 1.54) is 49.7 Å². The molecule has 278 valence electrons. The second-order valence-electron chi connectivity index (χ2n) is 11.6. The third-order valence-corrected chi connectivity index (χ3v) is 8.04. The SMILES string of the molecule is COC(=O)[C@H](CCC(=O)C(=O)Nc1ccnc(OC)c1)NC(=O)c1ccc(Nc2nc(NC3(c4ccc(Cl)cc4)CC3)nc(OCC(F)(F)F)n2)cc1. The predicted octanol–water partition coefficient (Wildman–Crippen LogP) is 4.97. The lowest BCUT2D eigenvalue weighted by Gasteiger charge is -2.19. The molecule has 1 aliphatic carbocycles. The zero-order valence-corrected chi connectivity index (χ0v) is 28.9. The Balaban J connectivity index is 1.23. The van der Waals surface area contributed by atoms with Crippen molar-refractivity contribution in [1.29, 1.82) is 0 Å². The summed E-state index contributed by atoms with van der Waals surface area (Å²) in [5.74, 6) is -3.28. The number of methoxy groups -OCH3 is 2. The Morgan fingerprint density at radius 1 is 0.925 bits per heavy atom. The molecule has 5 rings (SSSR count). The summed E-state index contributed by atoms with van der Waals surface area (Å²) in [5, 5.41) is 11.5. The Hall–Kier alpha value is -6.04. The first-order valence-corrected chi connectivity index (χ1v) is 16.2. The first-order chi connectivity index (χ1) is 25.3. The van der Waals surface area contributed by atoms with Crippen molar-refractivity contribution in [1.82, 2.24) is 25.3 Å². The molecule has 1 saturated carbocycles. The molecule has 1 aliphatic rings. The maximum atomic E-state index is 13.1. The number of ether oxygens (including phenoxy) is 3. The van der Waals surface area contributed by atoms with Gasteiger partial charge < -0.3 is 35.5 Å². The number of aromatic nitrogens is 4. The Morgan fingerprint density at radius 3 is 2.26 bits per heavy atom. The van der Waals surface area contributed by atoms with Crippen LogP contribution >= 0.6 is 11.6 Å². The Labute approximate surface area is 305 Å². The van der Waals surface area contributed by atoms with Gasteiger partial charge in [0.25, 0.3) is 11.8 Å². The van der Waals surface area contributed by atoms with Crippen LogP contribution in [0.2, 0.25) is 5.02 Å². The van der Waals surface area contributed by atoms with E-state index in [2.05, 4.69) is 41.2 Å². The average molecular weight is 757 g/mol. The summed E-state index contributed by atoms with van der Waals surface area (Å²) >= 11 is 6.02. The van der Waals surface area contributed by atoms with Crippen LogP contribution < -0.4 is 30.7 Å². The third-order valence-electron chi connectivity index (χ3n) is 7.79. The molecule has 0 aliphatic heterocycles. The molecule has 0 radical (unpaired) electrons. The molecule has 53 heavy (non-hydrogen) atoms. The molecule has 0 saturated heterocycles. The van der Waals surface area contributed by atoms with Crippen LogP contribution in [0.4, 0.5) is 36.4 Å². The molecule has 2 aromatic carbocycles. The predicted molar refractivity (Wildman–Crippen MR) is 184 cm³/mol. The highest BCUT2D eigenvalue weighted by Gasteiger charge is 2.45. The number of halogens is 4. The number of carbonyl (C=O) groups is 4. The number of nitrogens with zero attached hydrogens (tertiary/aromatic N) is 4. The smallest absolute Gasteiger partial charge is 0.422 e. The van der Waals surface area contributed by atoms with Crippen molar-refractivity contribution in [3.05, 3.63) is 83.0 Å². The zero-order valence-electron chi connectivity index (χ0n) is 28.1. The number of hydrogen-bond donors (Lipinski definition) is 4. The lowest BCUT2D eigenvalue weighted by molar-refractivity contribution is -0.154. The molecule has 4 aromatic rings. The Kier molecular flexibility index (Phi) is 11.9. The monoisotopic (exact) mass is 756 g/mol. The molecule has 2 aromatic heterocycles. The van der Waals surface area contributed by atoms with Gasteiger partial charge in [-0.2, -0.15) is 28.1 Å². The van der Waals surface area contributed by atoms with E-state index in [0.717, 1.165) is 12.7 Å². The van der Waals surface area contributed by atoms with Crippen LogP contribution in [0.15, 0.2) is 66.9 Å². The number of nitrogens with one attached hydrogen (secondary N) is 4. The molecule has 19 heteroatoms. The molecule has 2 heterocycles.